The Morgan fingerprint density at radius 3 is 2.32 bits per heavy atom. The summed E-state index contributed by atoms with van der Waals surface area (Å²) in [6.07, 6.45) is 0. The second-order valence-corrected chi connectivity index (χ2v) is 6.37. The van der Waals surface area contributed by atoms with E-state index in [2.05, 4.69) is 5.32 Å². The van der Waals surface area contributed by atoms with Crippen molar-refractivity contribution in [2.75, 3.05) is 20.3 Å². The Hall–Kier alpha value is -3.09. The van der Waals surface area contributed by atoms with Gasteiger partial charge < -0.3 is 19.5 Å². The number of carbonyl (C=O) groups excluding carboxylic acids is 2. The van der Waals surface area contributed by atoms with Gasteiger partial charge in [0.2, 0.25) is 0 Å². The van der Waals surface area contributed by atoms with E-state index in [-0.39, 0.29) is 30.8 Å². The molecule has 0 aromatic heterocycles. The summed E-state index contributed by atoms with van der Waals surface area (Å²) < 4.78 is 29.0. The third-order valence-corrected chi connectivity index (χ3v) is 3.98. The summed E-state index contributed by atoms with van der Waals surface area (Å²) in [4.78, 5) is 24.7. The molecule has 0 fully saturated rings. The molecule has 6 nitrogen and oxygen atoms in total. The third kappa shape index (κ3) is 5.97. The normalized spacial score (nSPS) is 11.6. The van der Waals surface area contributed by atoms with E-state index in [9.17, 15) is 14.0 Å². The van der Waals surface area contributed by atoms with Gasteiger partial charge in [0.1, 0.15) is 25.0 Å². The van der Waals surface area contributed by atoms with Crippen molar-refractivity contribution in [3.63, 3.8) is 0 Å². The van der Waals surface area contributed by atoms with Crippen molar-refractivity contribution in [1.29, 1.82) is 0 Å². The highest BCUT2D eigenvalue weighted by Crippen LogP contribution is 2.15. The Bertz CT molecular complexity index is 792. The average molecular weight is 389 g/mol. The molecule has 0 unspecified atom stereocenters. The van der Waals surface area contributed by atoms with Gasteiger partial charge in [-0.2, -0.15) is 0 Å². The van der Waals surface area contributed by atoms with Crippen molar-refractivity contribution in [2.45, 2.75) is 19.9 Å². The van der Waals surface area contributed by atoms with Crippen molar-refractivity contribution in [1.82, 2.24) is 5.32 Å². The van der Waals surface area contributed by atoms with Gasteiger partial charge in [-0.25, -0.2) is 9.18 Å². The number of halogens is 1. The van der Waals surface area contributed by atoms with Gasteiger partial charge in [-0.15, -0.1) is 0 Å². The van der Waals surface area contributed by atoms with Gasteiger partial charge >= 0.3 is 5.97 Å². The number of para-hydroxylation sites is 1. The molecular weight excluding hydrogens is 365 g/mol. The minimum atomic E-state index is -0.817. The third-order valence-electron chi connectivity index (χ3n) is 3.98. The van der Waals surface area contributed by atoms with Crippen LogP contribution in [0.4, 0.5) is 4.39 Å². The maximum absolute atomic E-state index is 13.5. The van der Waals surface area contributed by atoms with E-state index in [1.54, 1.807) is 50.2 Å². The first-order valence-electron chi connectivity index (χ1n) is 8.91. The lowest BCUT2D eigenvalue weighted by Crippen LogP contribution is -2.45. The molecule has 1 N–H and O–H groups in total. The second-order valence-electron chi connectivity index (χ2n) is 6.37. The molecule has 0 aliphatic rings. The van der Waals surface area contributed by atoms with Gasteiger partial charge in [0.15, 0.2) is 11.6 Å². The summed E-state index contributed by atoms with van der Waals surface area (Å²) >= 11 is 0. The smallest absolute Gasteiger partial charge is 0.329 e. The maximum Gasteiger partial charge on any atom is 0.329 e. The van der Waals surface area contributed by atoms with Crippen LogP contribution < -0.4 is 14.8 Å². The molecule has 28 heavy (non-hydrogen) atoms. The van der Waals surface area contributed by atoms with Crippen LogP contribution in [0.25, 0.3) is 0 Å². The molecule has 0 bridgehead atoms. The number of esters is 1. The summed E-state index contributed by atoms with van der Waals surface area (Å²) in [6, 6.07) is 11.7. The van der Waals surface area contributed by atoms with E-state index >= 15 is 0 Å². The van der Waals surface area contributed by atoms with Gasteiger partial charge in [0, 0.05) is 5.56 Å². The molecule has 2 rings (SSSR count). The number of hydrogen-bond donors (Lipinski definition) is 1. The summed E-state index contributed by atoms with van der Waals surface area (Å²) in [5, 5.41) is 2.68. The second kappa shape index (κ2) is 10.3. The minimum Gasteiger partial charge on any atom is -0.497 e. The fourth-order valence-electron chi connectivity index (χ4n) is 2.41. The standard InChI is InChI=1S/C21H24FNO5/c1-14(2)19(23-20(24)15-8-10-16(26-3)11-9-15)21(25)28-13-12-27-18-7-5-4-6-17(18)22/h4-11,14,19H,12-13H2,1-3H3,(H,23,24)/t19-/m1/s1. The van der Waals surface area contributed by atoms with Crippen LogP contribution in [-0.4, -0.2) is 38.2 Å². The zero-order valence-corrected chi connectivity index (χ0v) is 16.1. The number of amides is 1. The number of carbonyl (C=O) groups is 2. The van der Waals surface area contributed by atoms with Gasteiger partial charge in [-0.1, -0.05) is 26.0 Å². The van der Waals surface area contributed by atoms with Crippen molar-refractivity contribution in [2.24, 2.45) is 5.92 Å². The number of methoxy groups -OCH3 is 1. The van der Waals surface area contributed by atoms with E-state index in [1.807, 2.05) is 0 Å². The SMILES string of the molecule is COc1ccc(C(=O)N[C@@H](C(=O)OCCOc2ccccc2F)C(C)C)cc1. The van der Waals surface area contributed by atoms with Crippen molar-refractivity contribution < 1.29 is 28.2 Å². The molecule has 0 aliphatic carbocycles. The Balaban J connectivity index is 1.86. The van der Waals surface area contributed by atoms with Gasteiger partial charge in [0.05, 0.1) is 7.11 Å². The van der Waals surface area contributed by atoms with E-state index in [0.29, 0.717) is 11.3 Å². The number of benzene rings is 2. The van der Waals surface area contributed by atoms with Crippen molar-refractivity contribution >= 4 is 11.9 Å². The van der Waals surface area contributed by atoms with Crippen LogP contribution in [0.15, 0.2) is 48.5 Å². The Morgan fingerprint density at radius 2 is 1.71 bits per heavy atom. The lowest BCUT2D eigenvalue weighted by molar-refractivity contribution is -0.147. The maximum atomic E-state index is 13.5. The first kappa shape index (κ1) is 21.2. The molecule has 0 heterocycles. The Kier molecular flexibility index (Phi) is 7.80. The molecular formula is C21H24FNO5. The molecule has 2 aromatic rings. The molecule has 7 heteroatoms. The van der Waals surface area contributed by atoms with Crippen LogP contribution in [-0.2, 0) is 9.53 Å². The molecule has 0 spiro atoms. The number of ether oxygens (including phenoxy) is 3. The highest BCUT2D eigenvalue weighted by atomic mass is 19.1. The molecule has 1 atom stereocenters. The zero-order chi connectivity index (χ0) is 20.5. The molecule has 150 valence electrons. The van der Waals surface area contributed by atoms with Crippen molar-refractivity contribution in [3.05, 3.63) is 59.9 Å². The lowest BCUT2D eigenvalue weighted by atomic mass is 10.0. The molecule has 2 aromatic carbocycles. The molecule has 0 aliphatic heterocycles. The largest absolute Gasteiger partial charge is 0.497 e. The Morgan fingerprint density at radius 1 is 1.04 bits per heavy atom. The monoisotopic (exact) mass is 389 g/mol. The quantitative estimate of drug-likeness (QED) is 0.527. The first-order valence-corrected chi connectivity index (χ1v) is 8.91. The molecule has 0 radical (unpaired) electrons. The van der Waals surface area contributed by atoms with Crippen LogP contribution in [0.1, 0.15) is 24.2 Å². The minimum absolute atomic E-state index is 0.00388. The highest BCUT2D eigenvalue weighted by molar-refractivity contribution is 5.96. The van der Waals surface area contributed by atoms with Crippen LogP contribution in [0.5, 0.6) is 11.5 Å². The van der Waals surface area contributed by atoms with Crippen LogP contribution in [0.2, 0.25) is 0 Å². The zero-order valence-electron chi connectivity index (χ0n) is 16.1. The van der Waals surface area contributed by atoms with Gasteiger partial charge in [-0.3, -0.25) is 4.79 Å². The fourth-order valence-corrected chi connectivity index (χ4v) is 2.41. The summed E-state index contributed by atoms with van der Waals surface area (Å²) in [7, 11) is 1.54. The molecule has 0 saturated carbocycles. The van der Waals surface area contributed by atoms with E-state index in [1.165, 1.54) is 19.2 Å². The molecule has 0 saturated heterocycles. The molecule has 1 amide bonds. The lowest BCUT2D eigenvalue weighted by Gasteiger charge is -2.21. The van der Waals surface area contributed by atoms with E-state index < -0.39 is 17.8 Å². The van der Waals surface area contributed by atoms with Crippen LogP contribution in [0.3, 0.4) is 0 Å². The number of nitrogens with one attached hydrogen (secondary N) is 1. The average Bonchev–Trinajstić information content (AvgIpc) is 2.70. The topological polar surface area (TPSA) is 73.9 Å². The fraction of sp³-hybridized carbons (Fsp3) is 0.333. The van der Waals surface area contributed by atoms with Crippen LogP contribution in [0, 0.1) is 11.7 Å². The van der Waals surface area contributed by atoms with Gasteiger partial charge in [0.25, 0.3) is 5.91 Å². The van der Waals surface area contributed by atoms with E-state index in [4.69, 9.17) is 14.2 Å². The van der Waals surface area contributed by atoms with E-state index in [0.717, 1.165) is 0 Å². The summed E-state index contributed by atoms with van der Waals surface area (Å²) in [6.45, 7) is 3.55. The Labute approximate surface area is 163 Å². The predicted molar refractivity (Wildman–Crippen MR) is 102 cm³/mol. The number of rotatable bonds is 9. The predicted octanol–water partition coefficient (Wildman–Crippen LogP) is 3.21. The number of hydrogen-bond acceptors (Lipinski definition) is 5. The van der Waals surface area contributed by atoms with Gasteiger partial charge in [-0.05, 0) is 42.3 Å². The first-order chi connectivity index (χ1) is 13.4. The summed E-state index contributed by atoms with van der Waals surface area (Å²) in [5.74, 6) is -0.907. The van der Waals surface area contributed by atoms with Crippen LogP contribution >= 0.6 is 0 Å². The summed E-state index contributed by atoms with van der Waals surface area (Å²) in [5.41, 5.74) is 0.405. The highest BCUT2D eigenvalue weighted by Gasteiger charge is 2.26. The van der Waals surface area contributed by atoms with Crippen molar-refractivity contribution in [3.8, 4) is 11.5 Å².